The Hall–Kier alpha value is -3.91. The van der Waals surface area contributed by atoms with Crippen LogP contribution in [0, 0.1) is 6.57 Å². The van der Waals surface area contributed by atoms with Crippen LogP contribution in [0.1, 0.15) is 11.1 Å². The summed E-state index contributed by atoms with van der Waals surface area (Å²) in [6.45, 7) is 7.88. The van der Waals surface area contributed by atoms with E-state index in [1.165, 1.54) is 0 Å². The fraction of sp³-hybridized carbons (Fsp3) is 0.160. The summed E-state index contributed by atoms with van der Waals surface area (Å²) in [5.74, 6) is 2.11. The number of hydrogen-bond acceptors (Lipinski definition) is 4. The molecule has 0 aliphatic heterocycles. The number of allylic oxidation sites excluding steroid dienone is 1. The van der Waals surface area contributed by atoms with Gasteiger partial charge in [-0.05, 0) is 47.5 Å². The van der Waals surface area contributed by atoms with Crippen LogP contribution in [0.2, 0.25) is 0 Å². The maximum absolute atomic E-state index is 7.46. The quantitative estimate of drug-likeness (QED) is 0.468. The number of methoxy groups -OCH3 is 2. The summed E-state index contributed by atoms with van der Waals surface area (Å²) < 4.78 is 16.6. The molecule has 0 aromatic heterocycles. The van der Waals surface area contributed by atoms with E-state index in [0.717, 1.165) is 22.6 Å². The predicted molar refractivity (Wildman–Crippen MR) is 119 cm³/mol. The molecule has 0 saturated carbocycles. The highest BCUT2D eigenvalue weighted by atomic mass is 16.5. The van der Waals surface area contributed by atoms with Crippen molar-refractivity contribution in [2.24, 2.45) is 0 Å². The standard InChI is InChI=1S/C25H24N2O3/c1-26-22(17-27-21-7-5-4-6-8-21)15-20-11-14-24(25(16-20)29-3)30-18-19-9-12-23(28-2)13-10-19/h4-14,16-17,27H,15,18H2,2-3H3. The summed E-state index contributed by atoms with van der Waals surface area (Å²) in [6, 6.07) is 23.2. The van der Waals surface area contributed by atoms with Crippen LogP contribution in [0.15, 0.2) is 84.7 Å². The van der Waals surface area contributed by atoms with Crippen LogP contribution in [0.5, 0.6) is 17.2 Å². The Morgan fingerprint density at radius 2 is 1.63 bits per heavy atom. The fourth-order valence-corrected chi connectivity index (χ4v) is 2.86. The third-order valence-electron chi connectivity index (χ3n) is 4.49. The molecule has 0 saturated heterocycles. The average Bonchev–Trinajstić information content (AvgIpc) is 2.81. The van der Waals surface area contributed by atoms with Gasteiger partial charge in [-0.15, -0.1) is 0 Å². The number of rotatable bonds is 9. The maximum Gasteiger partial charge on any atom is 0.185 e. The molecule has 3 aromatic rings. The Labute approximate surface area is 177 Å². The molecule has 0 bridgehead atoms. The lowest BCUT2D eigenvalue weighted by molar-refractivity contribution is 0.284. The number of nitrogens with zero attached hydrogens (tertiary/aromatic N) is 1. The zero-order chi connectivity index (χ0) is 21.2. The van der Waals surface area contributed by atoms with Crippen molar-refractivity contribution in [3.05, 3.63) is 107 Å². The van der Waals surface area contributed by atoms with Gasteiger partial charge in [-0.3, -0.25) is 0 Å². The van der Waals surface area contributed by atoms with E-state index in [-0.39, 0.29) is 0 Å². The predicted octanol–water partition coefficient (Wildman–Crippen LogP) is 5.70. The monoisotopic (exact) mass is 400 g/mol. The lowest BCUT2D eigenvalue weighted by Crippen LogP contribution is -1.99. The summed E-state index contributed by atoms with van der Waals surface area (Å²) >= 11 is 0. The average molecular weight is 400 g/mol. The molecule has 0 unspecified atom stereocenters. The molecule has 0 spiro atoms. The van der Waals surface area contributed by atoms with Crippen molar-refractivity contribution >= 4 is 5.69 Å². The minimum Gasteiger partial charge on any atom is -0.497 e. The second kappa shape index (κ2) is 10.6. The number of anilines is 1. The Balaban J connectivity index is 1.65. The van der Waals surface area contributed by atoms with Crippen molar-refractivity contribution in [3.8, 4) is 17.2 Å². The van der Waals surface area contributed by atoms with Gasteiger partial charge in [0.1, 0.15) is 12.4 Å². The molecule has 5 nitrogen and oxygen atoms in total. The van der Waals surface area contributed by atoms with Crippen LogP contribution in [-0.2, 0) is 13.0 Å². The van der Waals surface area contributed by atoms with Gasteiger partial charge in [0.05, 0.1) is 20.8 Å². The number of ether oxygens (including phenoxy) is 3. The summed E-state index contributed by atoms with van der Waals surface area (Å²) in [4.78, 5) is 3.63. The van der Waals surface area contributed by atoms with Crippen molar-refractivity contribution in [1.82, 2.24) is 0 Å². The van der Waals surface area contributed by atoms with Crippen molar-refractivity contribution < 1.29 is 14.2 Å². The first-order chi connectivity index (χ1) is 14.7. The number of nitrogens with one attached hydrogen (secondary N) is 1. The van der Waals surface area contributed by atoms with E-state index in [1.54, 1.807) is 20.4 Å². The van der Waals surface area contributed by atoms with E-state index in [1.807, 2.05) is 72.8 Å². The third kappa shape index (κ3) is 5.79. The molecule has 0 aliphatic carbocycles. The highest BCUT2D eigenvalue weighted by molar-refractivity contribution is 5.47. The van der Waals surface area contributed by atoms with Gasteiger partial charge in [0.2, 0.25) is 0 Å². The Bertz CT molecular complexity index is 1020. The largest absolute Gasteiger partial charge is 0.497 e. The number of para-hydroxylation sites is 1. The highest BCUT2D eigenvalue weighted by Crippen LogP contribution is 2.30. The van der Waals surface area contributed by atoms with Gasteiger partial charge < -0.3 is 19.5 Å². The van der Waals surface area contributed by atoms with Gasteiger partial charge in [0.15, 0.2) is 17.2 Å². The van der Waals surface area contributed by atoms with Crippen molar-refractivity contribution in [2.45, 2.75) is 13.0 Å². The first-order valence-corrected chi connectivity index (χ1v) is 9.52. The lowest BCUT2D eigenvalue weighted by Gasteiger charge is -2.12. The van der Waals surface area contributed by atoms with Gasteiger partial charge in [-0.1, -0.05) is 36.4 Å². The van der Waals surface area contributed by atoms with Crippen molar-refractivity contribution in [1.29, 1.82) is 0 Å². The smallest absolute Gasteiger partial charge is 0.185 e. The molecule has 0 radical (unpaired) electrons. The SMILES string of the molecule is [C-]#[N+]C(=CNc1ccccc1)Cc1ccc(OCc2ccc(OC)cc2)c(OC)c1. The minimum atomic E-state index is 0.425. The molecule has 3 rings (SSSR count). The van der Waals surface area contributed by atoms with E-state index in [0.29, 0.717) is 30.2 Å². The van der Waals surface area contributed by atoms with Gasteiger partial charge in [-0.25, -0.2) is 4.85 Å². The van der Waals surface area contributed by atoms with Crippen LogP contribution in [-0.4, -0.2) is 14.2 Å². The molecule has 5 heteroatoms. The maximum atomic E-state index is 7.46. The second-order valence-electron chi connectivity index (χ2n) is 6.56. The molecule has 152 valence electrons. The van der Waals surface area contributed by atoms with E-state index in [9.17, 15) is 0 Å². The molecule has 3 aromatic carbocycles. The van der Waals surface area contributed by atoms with E-state index in [2.05, 4.69) is 10.2 Å². The molecular weight excluding hydrogens is 376 g/mol. The Morgan fingerprint density at radius 3 is 2.30 bits per heavy atom. The Morgan fingerprint density at radius 1 is 0.900 bits per heavy atom. The topological polar surface area (TPSA) is 44.1 Å². The van der Waals surface area contributed by atoms with Crippen LogP contribution in [0.25, 0.3) is 4.85 Å². The normalized spacial score (nSPS) is 10.8. The van der Waals surface area contributed by atoms with Crippen LogP contribution in [0.3, 0.4) is 0 Å². The van der Waals surface area contributed by atoms with Crippen LogP contribution < -0.4 is 19.5 Å². The van der Waals surface area contributed by atoms with E-state index >= 15 is 0 Å². The molecule has 0 heterocycles. The lowest BCUT2D eigenvalue weighted by atomic mass is 10.1. The molecule has 30 heavy (non-hydrogen) atoms. The summed E-state index contributed by atoms with van der Waals surface area (Å²) in [6.07, 6.45) is 2.24. The summed E-state index contributed by atoms with van der Waals surface area (Å²) in [7, 11) is 3.26. The van der Waals surface area contributed by atoms with Gasteiger partial charge >= 0.3 is 0 Å². The first-order valence-electron chi connectivity index (χ1n) is 9.52. The van der Waals surface area contributed by atoms with Gasteiger partial charge in [-0.2, -0.15) is 0 Å². The first kappa shape index (κ1) is 20.8. The zero-order valence-corrected chi connectivity index (χ0v) is 17.1. The zero-order valence-electron chi connectivity index (χ0n) is 17.1. The third-order valence-corrected chi connectivity index (χ3v) is 4.49. The summed E-state index contributed by atoms with van der Waals surface area (Å²) in [5.41, 5.74) is 3.55. The number of hydrogen-bond donors (Lipinski definition) is 1. The Kier molecular flexibility index (Phi) is 7.34. The van der Waals surface area contributed by atoms with Crippen LogP contribution >= 0.6 is 0 Å². The molecular formula is C25H24N2O3. The molecule has 0 amide bonds. The second-order valence-corrected chi connectivity index (χ2v) is 6.56. The van der Waals surface area contributed by atoms with Crippen molar-refractivity contribution in [2.75, 3.05) is 19.5 Å². The molecule has 1 N–H and O–H groups in total. The minimum absolute atomic E-state index is 0.425. The van der Waals surface area contributed by atoms with Gasteiger partial charge in [0.25, 0.3) is 0 Å². The molecule has 0 fully saturated rings. The molecule has 0 aliphatic rings. The van der Waals surface area contributed by atoms with Gasteiger partial charge in [0, 0.05) is 18.3 Å². The fourth-order valence-electron chi connectivity index (χ4n) is 2.86. The summed E-state index contributed by atoms with van der Waals surface area (Å²) in [5, 5.41) is 3.16. The molecule has 0 atom stereocenters. The van der Waals surface area contributed by atoms with E-state index < -0.39 is 0 Å². The van der Waals surface area contributed by atoms with E-state index in [4.69, 9.17) is 20.8 Å². The highest BCUT2D eigenvalue weighted by Gasteiger charge is 2.08. The van der Waals surface area contributed by atoms with Crippen LogP contribution in [0.4, 0.5) is 5.69 Å². The number of benzene rings is 3. The van der Waals surface area contributed by atoms with Crippen molar-refractivity contribution in [3.63, 3.8) is 0 Å².